The minimum Gasteiger partial charge on any atom is -0.294 e. The van der Waals surface area contributed by atoms with Crippen LogP contribution in [0.4, 0.5) is 13.2 Å². The normalized spacial score (nSPS) is 15.2. The van der Waals surface area contributed by atoms with Crippen LogP contribution in [-0.2, 0) is 32.2 Å². The van der Waals surface area contributed by atoms with Crippen molar-refractivity contribution in [3.05, 3.63) is 75.2 Å². The number of nitrogens with zero attached hydrogens (tertiary/aromatic N) is 3. The lowest BCUT2D eigenvalue weighted by atomic mass is 10.1. The summed E-state index contributed by atoms with van der Waals surface area (Å²) < 4.78 is 39.6. The highest BCUT2D eigenvalue weighted by Gasteiger charge is 2.29. The van der Waals surface area contributed by atoms with Crippen LogP contribution in [0.3, 0.4) is 0 Å². The maximum Gasteiger partial charge on any atom is 0.416 e. The molecule has 0 fully saturated rings. The van der Waals surface area contributed by atoms with Gasteiger partial charge in [-0.1, -0.05) is 12.1 Å². The van der Waals surface area contributed by atoms with Crippen molar-refractivity contribution in [1.29, 1.82) is 0 Å². The third kappa shape index (κ3) is 3.83. The number of benzene rings is 1. The van der Waals surface area contributed by atoms with Crippen LogP contribution in [0.25, 0.3) is 0 Å². The largest absolute Gasteiger partial charge is 0.416 e. The Hall–Kier alpha value is -2.12. The van der Waals surface area contributed by atoms with E-state index < -0.39 is 11.7 Å². The van der Waals surface area contributed by atoms with E-state index in [9.17, 15) is 13.2 Å². The van der Waals surface area contributed by atoms with Crippen molar-refractivity contribution in [3.63, 3.8) is 0 Å². The first-order valence-electron chi connectivity index (χ1n) is 8.42. The summed E-state index contributed by atoms with van der Waals surface area (Å²) in [6.07, 6.45) is 0.606. The number of fused-ring (bicyclic) bond motifs is 1. The van der Waals surface area contributed by atoms with Gasteiger partial charge in [0.05, 0.1) is 18.3 Å². The van der Waals surface area contributed by atoms with Gasteiger partial charge in [0.15, 0.2) is 0 Å². The van der Waals surface area contributed by atoms with E-state index in [2.05, 4.69) is 21.4 Å². The predicted octanol–water partition coefficient (Wildman–Crippen LogP) is 4.57. The van der Waals surface area contributed by atoms with Crippen molar-refractivity contribution in [2.45, 2.75) is 32.2 Å². The fourth-order valence-corrected chi connectivity index (χ4v) is 4.15. The van der Waals surface area contributed by atoms with Crippen molar-refractivity contribution in [1.82, 2.24) is 14.7 Å². The second-order valence-electron chi connectivity index (χ2n) is 6.57. The van der Waals surface area contributed by atoms with Gasteiger partial charge in [-0.15, -0.1) is 11.3 Å². The highest BCUT2D eigenvalue weighted by molar-refractivity contribution is 7.10. The summed E-state index contributed by atoms with van der Waals surface area (Å²) in [6, 6.07) is 7.44. The Morgan fingerprint density at radius 3 is 2.62 bits per heavy atom. The van der Waals surface area contributed by atoms with Crippen molar-refractivity contribution in [3.8, 4) is 0 Å². The Morgan fingerprint density at radius 2 is 1.85 bits per heavy atom. The lowest BCUT2D eigenvalue weighted by Gasteiger charge is -2.26. The molecule has 0 aliphatic carbocycles. The summed E-state index contributed by atoms with van der Waals surface area (Å²) in [5, 5.41) is 6.50. The number of thiophene rings is 1. The summed E-state index contributed by atoms with van der Waals surface area (Å²) >= 11 is 1.83. The molecule has 1 aromatic carbocycles. The molecule has 26 heavy (non-hydrogen) atoms. The molecule has 3 heterocycles. The van der Waals surface area contributed by atoms with Gasteiger partial charge in [0.1, 0.15) is 0 Å². The number of hydrogen-bond donors (Lipinski definition) is 0. The first-order valence-corrected chi connectivity index (χ1v) is 9.30. The van der Waals surface area contributed by atoms with Gasteiger partial charge in [-0.25, -0.2) is 0 Å². The maximum absolute atomic E-state index is 12.6. The molecular weight excluding hydrogens is 359 g/mol. The first kappa shape index (κ1) is 17.3. The molecule has 4 rings (SSSR count). The zero-order valence-corrected chi connectivity index (χ0v) is 14.9. The number of halogens is 3. The Morgan fingerprint density at radius 1 is 1.04 bits per heavy atom. The van der Waals surface area contributed by atoms with Crippen LogP contribution in [0.2, 0.25) is 0 Å². The SMILES string of the molecule is FC(F)(F)c1ccc(Cn2cc(CN3CCc4sccc4C3)cn2)cc1. The van der Waals surface area contributed by atoms with Gasteiger partial charge < -0.3 is 0 Å². The lowest BCUT2D eigenvalue weighted by Crippen LogP contribution is -2.28. The van der Waals surface area contributed by atoms with Crippen LogP contribution in [0.1, 0.15) is 27.1 Å². The molecule has 0 amide bonds. The van der Waals surface area contributed by atoms with E-state index in [0.29, 0.717) is 6.54 Å². The molecule has 0 atom stereocenters. The van der Waals surface area contributed by atoms with E-state index in [1.165, 1.54) is 22.6 Å². The maximum atomic E-state index is 12.6. The Bertz CT molecular complexity index is 880. The van der Waals surface area contributed by atoms with E-state index in [0.717, 1.165) is 49.3 Å². The summed E-state index contributed by atoms with van der Waals surface area (Å²) in [4.78, 5) is 3.88. The number of aromatic nitrogens is 2. The van der Waals surface area contributed by atoms with Gasteiger partial charge in [0, 0.05) is 36.3 Å². The minimum absolute atomic E-state index is 0.465. The molecule has 2 aromatic heterocycles. The van der Waals surface area contributed by atoms with Gasteiger partial charge in [-0.2, -0.15) is 18.3 Å². The average Bonchev–Trinajstić information content (AvgIpc) is 3.23. The molecule has 0 saturated carbocycles. The summed E-state index contributed by atoms with van der Waals surface area (Å²) in [6.45, 7) is 3.30. The molecule has 0 N–H and O–H groups in total. The molecule has 0 saturated heterocycles. The lowest BCUT2D eigenvalue weighted by molar-refractivity contribution is -0.137. The van der Waals surface area contributed by atoms with E-state index >= 15 is 0 Å². The molecule has 1 aliphatic heterocycles. The Balaban J connectivity index is 1.38. The van der Waals surface area contributed by atoms with Crippen LogP contribution in [0.15, 0.2) is 48.1 Å². The zero-order chi connectivity index (χ0) is 18.1. The highest BCUT2D eigenvalue weighted by Crippen LogP contribution is 2.29. The molecule has 0 radical (unpaired) electrons. The molecule has 0 bridgehead atoms. The standard InChI is InChI=1S/C19H18F3N3S/c20-19(21,22)17-3-1-14(2-4-17)11-25-12-15(9-23-25)10-24-7-5-18-16(13-24)6-8-26-18/h1-4,6,8-9,12H,5,7,10-11,13H2. The highest BCUT2D eigenvalue weighted by atomic mass is 32.1. The van der Waals surface area contributed by atoms with Crippen LogP contribution in [0, 0.1) is 0 Å². The molecule has 1 aliphatic rings. The monoisotopic (exact) mass is 377 g/mol. The van der Waals surface area contributed by atoms with Crippen molar-refractivity contribution < 1.29 is 13.2 Å². The van der Waals surface area contributed by atoms with E-state index in [4.69, 9.17) is 0 Å². The second-order valence-corrected chi connectivity index (χ2v) is 7.57. The molecule has 3 aromatic rings. The van der Waals surface area contributed by atoms with Crippen molar-refractivity contribution in [2.75, 3.05) is 6.54 Å². The Kier molecular flexibility index (Phi) is 4.58. The molecule has 136 valence electrons. The predicted molar refractivity (Wildman–Crippen MR) is 94.9 cm³/mol. The number of alkyl halides is 3. The third-order valence-corrected chi connectivity index (χ3v) is 5.63. The molecule has 7 heteroatoms. The number of hydrogen-bond acceptors (Lipinski definition) is 3. The fourth-order valence-electron chi connectivity index (χ4n) is 3.26. The van der Waals surface area contributed by atoms with Crippen molar-refractivity contribution >= 4 is 11.3 Å². The van der Waals surface area contributed by atoms with Crippen LogP contribution in [-0.4, -0.2) is 21.2 Å². The Labute approximate surface area is 153 Å². The first-order chi connectivity index (χ1) is 12.5. The number of rotatable bonds is 4. The summed E-state index contributed by atoms with van der Waals surface area (Å²) in [5.41, 5.74) is 2.71. The minimum atomic E-state index is -4.30. The molecule has 0 spiro atoms. The topological polar surface area (TPSA) is 21.1 Å². The van der Waals surface area contributed by atoms with Gasteiger partial charge in [0.25, 0.3) is 0 Å². The average molecular weight is 377 g/mol. The molecule has 3 nitrogen and oxygen atoms in total. The fraction of sp³-hybridized carbons (Fsp3) is 0.316. The quantitative estimate of drug-likeness (QED) is 0.664. The van der Waals surface area contributed by atoms with Gasteiger partial charge in [-0.05, 0) is 41.1 Å². The smallest absolute Gasteiger partial charge is 0.294 e. The third-order valence-electron chi connectivity index (χ3n) is 4.61. The van der Waals surface area contributed by atoms with E-state index in [1.54, 1.807) is 4.68 Å². The van der Waals surface area contributed by atoms with Gasteiger partial charge >= 0.3 is 6.18 Å². The molecule has 0 unspecified atom stereocenters. The summed E-state index contributed by atoms with van der Waals surface area (Å²) in [5.74, 6) is 0. The van der Waals surface area contributed by atoms with Crippen molar-refractivity contribution in [2.24, 2.45) is 0 Å². The van der Waals surface area contributed by atoms with Gasteiger partial charge in [0.2, 0.25) is 0 Å². The zero-order valence-electron chi connectivity index (χ0n) is 14.0. The summed E-state index contributed by atoms with van der Waals surface area (Å²) in [7, 11) is 0. The van der Waals surface area contributed by atoms with Crippen LogP contribution < -0.4 is 0 Å². The van der Waals surface area contributed by atoms with E-state index in [-0.39, 0.29) is 0 Å². The van der Waals surface area contributed by atoms with E-state index in [1.807, 2.05) is 23.7 Å². The van der Waals surface area contributed by atoms with Crippen LogP contribution >= 0.6 is 11.3 Å². The second kappa shape index (κ2) is 6.89. The van der Waals surface area contributed by atoms with Crippen LogP contribution in [0.5, 0.6) is 0 Å². The molecular formula is C19H18F3N3S. The van der Waals surface area contributed by atoms with Gasteiger partial charge in [-0.3, -0.25) is 9.58 Å².